The van der Waals surface area contributed by atoms with E-state index in [4.69, 9.17) is 0 Å². The SMILES string of the molecule is Cc1ccc(-c2n[nH]c(C3CCNCC3)c2C)c(C)c1. The maximum Gasteiger partial charge on any atom is 0.0955 e. The summed E-state index contributed by atoms with van der Waals surface area (Å²) < 4.78 is 0. The second kappa shape index (κ2) is 5.41. The van der Waals surface area contributed by atoms with Crippen molar-refractivity contribution in [1.82, 2.24) is 15.5 Å². The van der Waals surface area contributed by atoms with Crippen LogP contribution in [0.25, 0.3) is 11.3 Å². The molecule has 3 rings (SSSR count). The Morgan fingerprint density at radius 1 is 1.10 bits per heavy atom. The number of nitrogens with one attached hydrogen (secondary N) is 2. The number of rotatable bonds is 2. The molecule has 0 amide bonds. The molecule has 0 saturated carbocycles. The van der Waals surface area contributed by atoms with Crippen molar-refractivity contribution >= 4 is 0 Å². The van der Waals surface area contributed by atoms with Gasteiger partial charge in [0, 0.05) is 17.2 Å². The lowest BCUT2D eigenvalue weighted by Crippen LogP contribution is -2.27. The van der Waals surface area contributed by atoms with E-state index in [0.29, 0.717) is 5.92 Å². The van der Waals surface area contributed by atoms with Gasteiger partial charge in [0.25, 0.3) is 0 Å². The number of nitrogens with zero attached hydrogens (tertiary/aromatic N) is 1. The molecule has 1 aromatic heterocycles. The lowest BCUT2D eigenvalue weighted by Gasteiger charge is -2.22. The molecule has 0 atom stereocenters. The normalized spacial score (nSPS) is 16.6. The summed E-state index contributed by atoms with van der Waals surface area (Å²) in [5.41, 5.74) is 7.64. The van der Waals surface area contributed by atoms with Gasteiger partial charge >= 0.3 is 0 Å². The molecular weight excluding hydrogens is 246 g/mol. The minimum Gasteiger partial charge on any atom is -0.317 e. The number of aryl methyl sites for hydroxylation is 2. The Hall–Kier alpha value is -1.61. The highest BCUT2D eigenvalue weighted by Gasteiger charge is 2.21. The zero-order chi connectivity index (χ0) is 14.1. The lowest BCUT2D eigenvalue weighted by atomic mass is 9.90. The van der Waals surface area contributed by atoms with Crippen molar-refractivity contribution in [1.29, 1.82) is 0 Å². The summed E-state index contributed by atoms with van der Waals surface area (Å²) in [6, 6.07) is 6.59. The molecule has 1 aliphatic heterocycles. The van der Waals surface area contributed by atoms with Gasteiger partial charge in [0.15, 0.2) is 0 Å². The van der Waals surface area contributed by atoms with Gasteiger partial charge in [-0.2, -0.15) is 5.10 Å². The van der Waals surface area contributed by atoms with Crippen molar-refractivity contribution in [3.63, 3.8) is 0 Å². The van der Waals surface area contributed by atoms with Gasteiger partial charge in [-0.05, 0) is 57.8 Å². The van der Waals surface area contributed by atoms with Gasteiger partial charge in [0.1, 0.15) is 0 Å². The van der Waals surface area contributed by atoms with E-state index in [-0.39, 0.29) is 0 Å². The summed E-state index contributed by atoms with van der Waals surface area (Å²) in [6.07, 6.45) is 2.41. The number of aromatic nitrogens is 2. The summed E-state index contributed by atoms with van der Waals surface area (Å²) in [4.78, 5) is 0. The van der Waals surface area contributed by atoms with Crippen molar-refractivity contribution in [2.75, 3.05) is 13.1 Å². The first-order valence-corrected chi connectivity index (χ1v) is 7.50. The molecule has 20 heavy (non-hydrogen) atoms. The summed E-state index contributed by atoms with van der Waals surface area (Å²) >= 11 is 0. The van der Waals surface area contributed by atoms with Crippen LogP contribution in [0.15, 0.2) is 18.2 Å². The smallest absolute Gasteiger partial charge is 0.0955 e. The highest BCUT2D eigenvalue weighted by molar-refractivity contribution is 5.67. The Morgan fingerprint density at radius 2 is 1.85 bits per heavy atom. The van der Waals surface area contributed by atoms with Crippen LogP contribution in [0, 0.1) is 20.8 Å². The predicted molar refractivity (Wildman–Crippen MR) is 83.1 cm³/mol. The number of piperidine rings is 1. The molecule has 0 spiro atoms. The molecular formula is C17H23N3. The largest absolute Gasteiger partial charge is 0.317 e. The number of hydrogen-bond donors (Lipinski definition) is 2. The van der Waals surface area contributed by atoms with Crippen molar-refractivity contribution in [3.05, 3.63) is 40.6 Å². The van der Waals surface area contributed by atoms with Crippen LogP contribution in [0.5, 0.6) is 0 Å². The summed E-state index contributed by atoms with van der Waals surface area (Å²) in [7, 11) is 0. The fourth-order valence-corrected chi connectivity index (χ4v) is 3.26. The summed E-state index contributed by atoms with van der Waals surface area (Å²) in [5, 5.41) is 11.3. The lowest BCUT2D eigenvalue weighted by molar-refractivity contribution is 0.451. The fourth-order valence-electron chi connectivity index (χ4n) is 3.26. The average Bonchev–Trinajstić information content (AvgIpc) is 2.82. The van der Waals surface area contributed by atoms with Gasteiger partial charge in [0.2, 0.25) is 0 Å². The van der Waals surface area contributed by atoms with Crippen LogP contribution in [0.2, 0.25) is 0 Å². The molecule has 2 N–H and O–H groups in total. The van der Waals surface area contributed by atoms with E-state index in [1.807, 2.05) is 0 Å². The molecule has 0 bridgehead atoms. The Labute approximate surface area is 120 Å². The van der Waals surface area contributed by atoms with Crippen LogP contribution in [-0.4, -0.2) is 23.3 Å². The van der Waals surface area contributed by atoms with Crippen LogP contribution >= 0.6 is 0 Å². The molecule has 1 aliphatic rings. The quantitative estimate of drug-likeness (QED) is 0.876. The van der Waals surface area contributed by atoms with Gasteiger partial charge in [-0.25, -0.2) is 0 Å². The molecule has 1 aromatic carbocycles. The van der Waals surface area contributed by atoms with Crippen LogP contribution in [-0.2, 0) is 0 Å². The van der Waals surface area contributed by atoms with Gasteiger partial charge < -0.3 is 5.32 Å². The van der Waals surface area contributed by atoms with Crippen LogP contribution < -0.4 is 5.32 Å². The van der Waals surface area contributed by atoms with Crippen molar-refractivity contribution in [3.8, 4) is 11.3 Å². The number of hydrogen-bond acceptors (Lipinski definition) is 2. The maximum atomic E-state index is 4.61. The first-order chi connectivity index (χ1) is 9.66. The third kappa shape index (κ3) is 2.38. The van der Waals surface area contributed by atoms with Gasteiger partial charge in [-0.15, -0.1) is 0 Å². The van der Waals surface area contributed by atoms with E-state index in [1.54, 1.807) is 0 Å². The maximum absolute atomic E-state index is 4.61. The number of benzene rings is 1. The minimum absolute atomic E-state index is 0.628. The van der Waals surface area contributed by atoms with Gasteiger partial charge in [0.05, 0.1) is 5.69 Å². The Balaban J connectivity index is 1.97. The topological polar surface area (TPSA) is 40.7 Å². The van der Waals surface area contributed by atoms with E-state index in [0.717, 1.165) is 18.8 Å². The summed E-state index contributed by atoms with van der Waals surface area (Å²) in [5.74, 6) is 0.628. The first-order valence-electron chi connectivity index (χ1n) is 7.50. The van der Waals surface area contributed by atoms with E-state index in [2.05, 4.69) is 54.5 Å². The third-order valence-electron chi connectivity index (χ3n) is 4.43. The van der Waals surface area contributed by atoms with Crippen molar-refractivity contribution in [2.45, 2.75) is 39.5 Å². The Morgan fingerprint density at radius 3 is 2.55 bits per heavy atom. The standard InChI is InChI=1S/C17H23N3/c1-11-4-5-15(12(2)10-11)17-13(3)16(19-20-17)14-6-8-18-9-7-14/h4-5,10,14,18H,6-9H2,1-3H3,(H,19,20). The zero-order valence-corrected chi connectivity index (χ0v) is 12.6. The van der Waals surface area contributed by atoms with Crippen LogP contribution in [0.3, 0.4) is 0 Å². The molecule has 106 valence electrons. The number of H-pyrrole nitrogens is 1. The Kier molecular flexibility index (Phi) is 3.62. The molecule has 0 unspecified atom stereocenters. The van der Waals surface area contributed by atoms with Crippen LogP contribution in [0.1, 0.15) is 41.1 Å². The fraction of sp³-hybridized carbons (Fsp3) is 0.471. The molecule has 2 aromatic rings. The van der Waals surface area contributed by atoms with Crippen molar-refractivity contribution < 1.29 is 0 Å². The second-order valence-corrected chi connectivity index (χ2v) is 5.95. The van der Waals surface area contributed by atoms with Gasteiger partial charge in [-0.1, -0.05) is 23.8 Å². The highest BCUT2D eigenvalue weighted by atomic mass is 15.1. The van der Waals surface area contributed by atoms with Crippen LogP contribution in [0.4, 0.5) is 0 Å². The highest BCUT2D eigenvalue weighted by Crippen LogP contribution is 2.32. The van der Waals surface area contributed by atoms with E-state index < -0.39 is 0 Å². The molecule has 0 radical (unpaired) electrons. The second-order valence-electron chi connectivity index (χ2n) is 5.95. The molecule has 3 heteroatoms. The van der Waals surface area contributed by atoms with E-state index in [1.165, 1.54) is 40.8 Å². The van der Waals surface area contributed by atoms with Gasteiger partial charge in [-0.3, -0.25) is 5.10 Å². The average molecular weight is 269 g/mol. The minimum atomic E-state index is 0.628. The third-order valence-corrected chi connectivity index (χ3v) is 4.43. The zero-order valence-electron chi connectivity index (χ0n) is 12.6. The molecule has 2 heterocycles. The van der Waals surface area contributed by atoms with Crippen molar-refractivity contribution in [2.24, 2.45) is 0 Å². The molecule has 0 aliphatic carbocycles. The number of aromatic amines is 1. The monoisotopic (exact) mass is 269 g/mol. The molecule has 3 nitrogen and oxygen atoms in total. The Bertz CT molecular complexity index is 607. The van der Waals surface area contributed by atoms with E-state index in [9.17, 15) is 0 Å². The summed E-state index contributed by atoms with van der Waals surface area (Å²) in [6.45, 7) is 8.73. The molecule has 1 saturated heterocycles. The first kappa shape index (κ1) is 13.4. The molecule has 1 fully saturated rings. The predicted octanol–water partition coefficient (Wildman–Crippen LogP) is 3.47. The van der Waals surface area contributed by atoms with E-state index >= 15 is 0 Å².